The van der Waals surface area contributed by atoms with Crippen molar-refractivity contribution in [2.75, 3.05) is 38.4 Å². The lowest BCUT2D eigenvalue weighted by atomic mass is 10.2. The summed E-state index contributed by atoms with van der Waals surface area (Å²) in [6.07, 6.45) is 0. The summed E-state index contributed by atoms with van der Waals surface area (Å²) in [7, 11) is 3.10. The number of ether oxygens (including phenoxy) is 2. The van der Waals surface area contributed by atoms with Crippen LogP contribution in [-0.2, 0) is 0 Å². The van der Waals surface area contributed by atoms with Crippen LogP contribution in [-0.4, -0.2) is 32.5 Å². The lowest BCUT2D eigenvalue weighted by Crippen LogP contribution is -2.09. The molecule has 0 aliphatic rings. The summed E-state index contributed by atoms with van der Waals surface area (Å²) >= 11 is 0. The fraction of sp³-hybridized carbons (Fsp3) is 0.400. The first-order valence-electron chi connectivity index (χ1n) is 4.59. The fourth-order valence-electron chi connectivity index (χ4n) is 1.32. The molecule has 0 spiro atoms. The molecule has 0 atom stereocenters. The Labute approximate surface area is 113 Å². The van der Waals surface area contributed by atoms with Crippen LogP contribution in [0.25, 0.3) is 0 Å². The van der Waals surface area contributed by atoms with Crippen molar-refractivity contribution < 1.29 is 14.6 Å². The van der Waals surface area contributed by atoms with Crippen molar-refractivity contribution in [2.24, 2.45) is 0 Å². The van der Waals surface area contributed by atoms with Gasteiger partial charge in [0.1, 0.15) is 11.4 Å². The SMILES string of the molecule is COc1ccc(N)c(OC)c1NCCO.Cl.Cl. The van der Waals surface area contributed by atoms with Crippen LogP contribution in [0.15, 0.2) is 12.1 Å². The molecule has 0 aliphatic heterocycles. The van der Waals surface area contributed by atoms with Crippen LogP contribution in [0, 0.1) is 0 Å². The normalized spacial score (nSPS) is 8.65. The molecule has 0 aliphatic carbocycles. The summed E-state index contributed by atoms with van der Waals surface area (Å²) in [5.74, 6) is 1.16. The number of halogens is 2. The molecule has 0 radical (unpaired) electrons. The molecular formula is C10H18Cl2N2O3. The lowest BCUT2D eigenvalue weighted by Gasteiger charge is -2.15. The Morgan fingerprint density at radius 3 is 2.35 bits per heavy atom. The molecule has 0 aromatic heterocycles. The van der Waals surface area contributed by atoms with Crippen LogP contribution < -0.4 is 20.5 Å². The van der Waals surface area contributed by atoms with Crippen molar-refractivity contribution in [3.05, 3.63) is 12.1 Å². The molecule has 17 heavy (non-hydrogen) atoms. The number of benzene rings is 1. The average Bonchev–Trinajstić information content (AvgIpc) is 2.26. The number of aliphatic hydroxyl groups excluding tert-OH is 1. The van der Waals surface area contributed by atoms with Gasteiger partial charge in [-0.3, -0.25) is 0 Å². The van der Waals surface area contributed by atoms with Crippen molar-refractivity contribution in [1.29, 1.82) is 0 Å². The number of anilines is 2. The fourth-order valence-corrected chi connectivity index (χ4v) is 1.32. The van der Waals surface area contributed by atoms with E-state index in [9.17, 15) is 0 Å². The molecule has 5 nitrogen and oxygen atoms in total. The Hall–Kier alpha value is -1.04. The van der Waals surface area contributed by atoms with E-state index in [1.165, 1.54) is 7.11 Å². The van der Waals surface area contributed by atoms with Gasteiger partial charge in [-0.1, -0.05) is 0 Å². The van der Waals surface area contributed by atoms with Crippen LogP contribution in [0.1, 0.15) is 0 Å². The molecule has 0 saturated carbocycles. The topological polar surface area (TPSA) is 76.7 Å². The quantitative estimate of drug-likeness (QED) is 0.715. The van der Waals surface area contributed by atoms with E-state index in [2.05, 4.69) is 5.32 Å². The van der Waals surface area contributed by atoms with Crippen molar-refractivity contribution in [3.63, 3.8) is 0 Å². The number of hydrogen-bond acceptors (Lipinski definition) is 5. The van der Waals surface area contributed by atoms with Gasteiger partial charge in [0.2, 0.25) is 0 Å². The first-order chi connectivity index (χ1) is 7.24. The van der Waals surface area contributed by atoms with Crippen molar-refractivity contribution in [1.82, 2.24) is 0 Å². The van der Waals surface area contributed by atoms with Crippen LogP contribution in [0.2, 0.25) is 0 Å². The van der Waals surface area contributed by atoms with Crippen LogP contribution in [0.3, 0.4) is 0 Å². The molecule has 0 fully saturated rings. The van der Waals surface area contributed by atoms with Gasteiger partial charge in [0.25, 0.3) is 0 Å². The van der Waals surface area contributed by atoms with Gasteiger partial charge < -0.3 is 25.6 Å². The standard InChI is InChI=1S/C10H16N2O3.2ClH/c1-14-8-4-3-7(11)10(15-2)9(8)12-5-6-13;;/h3-4,12-13H,5-6,11H2,1-2H3;2*1H. The second kappa shape index (κ2) is 9.04. The number of nitrogens with one attached hydrogen (secondary N) is 1. The van der Waals surface area contributed by atoms with Crippen LogP contribution in [0.4, 0.5) is 11.4 Å². The molecule has 4 N–H and O–H groups in total. The van der Waals surface area contributed by atoms with Crippen molar-refractivity contribution >= 4 is 36.2 Å². The predicted molar refractivity (Wildman–Crippen MR) is 74.0 cm³/mol. The van der Waals surface area contributed by atoms with Gasteiger partial charge in [-0.05, 0) is 12.1 Å². The average molecular weight is 285 g/mol. The Kier molecular flexibility index (Phi) is 9.74. The molecular weight excluding hydrogens is 267 g/mol. The van der Waals surface area contributed by atoms with E-state index in [-0.39, 0.29) is 31.4 Å². The highest BCUT2D eigenvalue weighted by Gasteiger charge is 2.12. The summed E-state index contributed by atoms with van der Waals surface area (Å²) in [5, 5.41) is 11.7. The van der Waals surface area contributed by atoms with Gasteiger partial charge in [0.15, 0.2) is 5.75 Å². The van der Waals surface area contributed by atoms with Gasteiger partial charge in [0.05, 0.1) is 26.5 Å². The third-order valence-corrected chi connectivity index (χ3v) is 1.99. The first-order valence-corrected chi connectivity index (χ1v) is 4.59. The number of hydrogen-bond donors (Lipinski definition) is 3. The van der Waals surface area contributed by atoms with E-state index < -0.39 is 0 Å². The van der Waals surface area contributed by atoms with E-state index in [0.29, 0.717) is 29.4 Å². The second-order valence-corrected chi connectivity index (χ2v) is 2.92. The molecule has 1 rings (SSSR count). The summed E-state index contributed by atoms with van der Waals surface area (Å²) in [4.78, 5) is 0. The summed E-state index contributed by atoms with van der Waals surface area (Å²) in [6.45, 7) is 0.442. The molecule has 0 heterocycles. The van der Waals surface area contributed by atoms with Gasteiger partial charge in [0, 0.05) is 6.54 Å². The smallest absolute Gasteiger partial charge is 0.168 e. The Bertz CT molecular complexity index is 338. The summed E-state index contributed by atoms with van der Waals surface area (Å²) in [5.41, 5.74) is 6.93. The van der Waals surface area contributed by atoms with E-state index in [1.807, 2.05) is 0 Å². The molecule has 0 unspecified atom stereocenters. The highest BCUT2D eigenvalue weighted by Crippen LogP contribution is 2.38. The molecule has 0 amide bonds. The summed E-state index contributed by atoms with van der Waals surface area (Å²) in [6, 6.07) is 3.46. The third kappa shape index (κ3) is 4.38. The number of nitrogens with two attached hydrogens (primary N) is 1. The predicted octanol–water partition coefficient (Wildman–Crippen LogP) is 1.53. The van der Waals surface area contributed by atoms with E-state index in [4.69, 9.17) is 20.3 Å². The first kappa shape index (κ1) is 18.3. The van der Waals surface area contributed by atoms with Crippen molar-refractivity contribution in [2.45, 2.75) is 0 Å². The molecule has 0 bridgehead atoms. The van der Waals surface area contributed by atoms with E-state index in [1.54, 1.807) is 19.2 Å². The lowest BCUT2D eigenvalue weighted by molar-refractivity contribution is 0.310. The monoisotopic (exact) mass is 284 g/mol. The molecule has 100 valence electrons. The van der Waals surface area contributed by atoms with E-state index in [0.717, 1.165) is 0 Å². The Morgan fingerprint density at radius 1 is 1.24 bits per heavy atom. The number of aliphatic hydroxyl groups is 1. The number of nitrogen functional groups attached to an aromatic ring is 1. The summed E-state index contributed by atoms with van der Waals surface area (Å²) < 4.78 is 10.3. The zero-order chi connectivity index (χ0) is 11.3. The van der Waals surface area contributed by atoms with Gasteiger partial charge in [-0.2, -0.15) is 0 Å². The Morgan fingerprint density at radius 2 is 1.88 bits per heavy atom. The van der Waals surface area contributed by atoms with Crippen molar-refractivity contribution in [3.8, 4) is 11.5 Å². The van der Waals surface area contributed by atoms with Crippen LogP contribution >= 0.6 is 24.8 Å². The maximum absolute atomic E-state index is 8.75. The maximum atomic E-state index is 8.75. The zero-order valence-electron chi connectivity index (χ0n) is 9.73. The molecule has 1 aromatic rings. The van der Waals surface area contributed by atoms with Gasteiger partial charge >= 0.3 is 0 Å². The minimum atomic E-state index is 0. The number of rotatable bonds is 5. The second-order valence-electron chi connectivity index (χ2n) is 2.92. The van der Waals surface area contributed by atoms with E-state index >= 15 is 0 Å². The largest absolute Gasteiger partial charge is 0.494 e. The third-order valence-electron chi connectivity index (χ3n) is 1.99. The van der Waals surface area contributed by atoms with Gasteiger partial charge in [-0.25, -0.2) is 0 Å². The highest BCUT2D eigenvalue weighted by atomic mass is 35.5. The van der Waals surface area contributed by atoms with Gasteiger partial charge in [-0.15, -0.1) is 24.8 Å². The zero-order valence-corrected chi connectivity index (χ0v) is 11.4. The Balaban J connectivity index is 0. The highest BCUT2D eigenvalue weighted by molar-refractivity contribution is 5.85. The minimum absolute atomic E-state index is 0. The maximum Gasteiger partial charge on any atom is 0.168 e. The molecule has 1 aromatic carbocycles. The van der Waals surface area contributed by atoms with Crippen LogP contribution in [0.5, 0.6) is 11.5 Å². The molecule has 7 heteroatoms. The number of methoxy groups -OCH3 is 2. The minimum Gasteiger partial charge on any atom is -0.494 e. The molecule has 0 saturated heterocycles.